The van der Waals surface area contributed by atoms with Crippen molar-refractivity contribution >= 4 is 11.9 Å². The number of amides is 1. The van der Waals surface area contributed by atoms with Crippen molar-refractivity contribution in [1.82, 2.24) is 10.2 Å². The summed E-state index contributed by atoms with van der Waals surface area (Å²) in [6.07, 6.45) is 1.62. The zero-order valence-electron chi connectivity index (χ0n) is 9.57. The van der Waals surface area contributed by atoms with Gasteiger partial charge < -0.3 is 15.0 Å². The summed E-state index contributed by atoms with van der Waals surface area (Å²) in [6.45, 7) is 2.71. The highest BCUT2D eigenvalue weighted by Gasteiger charge is 2.37. The lowest BCUT2D eigenvalue weighted by atomic mass is 10.1. The fourth-order valence-electron chi connectivity index (χ4n) is 2.52. The number of likely N-dealkylation sites (tertiary alicyclic amines) is 1. The third-order valence-electron chi connectivity index (χ3n) is 3.49. The molecule has 0 aromatic carbocycles. The maximum atomic E-state index is 11.8. The van der Waals surface area contributed by atoms with Gasteiger partial charge in [-0.2, -0.15) is 0 Å². The van der Waals surface area contributed by atoms with E-state index in [9.17, 15) is 9.59 Å². The van der Waals surface area contributed by atoms with Gasteiger partial charge in [-0.15, -0.1) is 0 Å². The van der Waals surface area contributed by atoms with Gasteiger partial charge in [-0.05, 0) is 18.9 Å². The third kappa shape index (κ3) is 2.35. The summed E-state index contributed by atoms with van der Waals surface area (Å²) >= 11 is 0. The van der Waals surface area contributed by atoms with Gasteiger partial charge in [0.2, 0.25) is 5.91 Å². The van der Waals surface area contributed by atoms with Crippen molar-refractivity contribution in [2.24, 2.45) is 5.92 Å². The lowest BCUT2D eigenvalue weighted by Crippen LogP contribution is -2.34. The number of ether oxygens (including phenoxy) is 1. The summed E-state index contributed by atoms with van der Waals surface area (Å²) in [5.41, 5.74) is 0. The molecule has 2 fully saturated rings. The van der Waals surface area contributed by atoms with E-state index in [-0.39, 0.29) is 24.7 Å². The molecule has 2 saturated heterocycles. The van der Waals surface area contributed by atoms with Crippen LogP contribution in [0.2, 0.25) is 0 Å². The second-order valence-electron chi connectivity index (χ2n) is 4.48. The molecule has 5 heteroatoms. The predicted octanol–water partition coefficient (Wildman–Crippen LogP) is -0.240. The second-order valence-corrected chi connectivity index (χ2v) is 4.48. The van der Waals surface area contributed by atoms with Crippen LogP contribution in [-0.4, -0.2) is 49.6 Å². The average molecular weight is 226 g/mol. The Morgan fingerprint density at radius 3 is 2.88 bits per heavy atom. The monoisotopic (exact) mass is 226 g/mol. The highest BCUT2D eigenvalue weighted by Crippen LogP contribution is 2.25. The van der Waals surface area contributed by atoms with Crippen LogP contribution in [0.4, 0.5) is 0 Å². The third-order valence-corrected chi connectivity index (χ3v) is 3.49. The molecule has 16 heavy (non-hydrogen) atoms. The summed E-state index contributed by atoms with van der Waals surface area (Å²) in [7, 11) is 1.34. The van der Waals surface area contributed by atoms with Crippen LogP contribution in [0.3, 0.4) is 0 Å². The Kier molecular flexibility index (Phi) is 3.43. The van der Waals surface area contributed by atoms with Crippen LogP contribution in [0.5, 0.6) is 0 Å². The Morgan fingerprint density at radius 2 is 2.19 bits per heavy atom. The molecule has 1 N–H and O–H groups in total. The van der Waals surface area contributed by atoms with Gasteiger partial charge in [0.15, 0.2) is 0 Å². The van der Waals surface area contributed by atoms with E-state index in [0.717, 1.165) is 26.1 Å². The average Bonchev–Trinajstić information content (AvgIpc) is 2.85. The van der Waals surface area contributed by atoms with E-state index < -0.39 is 0 Å². The van der Waals surface area contributed by atoms with Crippen molar-refractivity contribution in [3.63, 3.8) is 0 Å². The number of carbonyl (C=O) groups excluding carboxylic acids is 2. The lowest BCUT2D eigenvalue weighted by molar-refractivity contribution is -0.143. The van der Waals surface area contributed by atoms with Crippen molar-refractivity contribution in [3.8, 4) is 0 Å². The fourth-order valence-corrected chi connectivity index (χ4v) is 2.52. The molecule has 0 saturated carbocycles. The van der Waals surface area contributed by atoms with Gasteiger partial charge in [0.25, 0.3) is 0 Å². The number of nitrogens with one attached hydrogen (secondary N) is 1. The van der Waals surface area contributed by atoms with Crippen molar-refractivity contribution in [3.05, 3.63) is 0 Å². The van der Waals surface area contributed by atoms with Gasteiger partial charge >= 0.3 is 5.97 Å². The highest BCUT2D eigenvalue weighted by atomic mass is 16.5. The lowest BCUT2D eigenvalue weighted by Gasteiger charge is -2.16. The molecule has 2 heterocycles. The minimum absolute atomic E-state index is 0.0709. The number of carbonyl (C=O) groups is 2. The van der Waals surface area contributed by atoms with E-state index in [2.05, 4.69) is 10.1 Å². The predicted molar refractivity (Wildman–Crippen MR) is 57.7 cm³/mol. The molecule has 2 atom stereocenters. The van der Waals surface area contributed by atoms with Gasteiger partial charge in [-0.1, -0.05) is 0 Å². The van der Waals surface area contributed by atoms with Crippen molar-refractivity contribution < 1.29 is 14.3 Å². The van der Waals surface area contributed by atoms with E-state index in [4.69, 9.17) is 0 Å². The molecule has 0 spiro atoms. The Labute approximate surface area is 95.1 Å². The van der Waals surface area contributed by atoms with E-state index in [1.807, 2.05) is 4.90 Å². The van der Waals surface area contributed by atoms with Crippen molar-refractivity contribution in [2.75, 3.05) is 26.7 Å². The molecule has 0 aromatic rings. The van der Waals surface area contributed by atoms with Gasteiger partial charge in [-0.25, -0.2) is 0 Å². The van der Waals surface area contributed by atoms with E-state index in [1.165, 1.54) is 7.11 Å². The quantitative estimate of drug-likeness (QED) is 0.675. The zero-order valence-corrected chi connectivity index (χ0v) is 9.57. The SMILES string of the molecule is COC(=O)CCC(=O)N1C[C@@H]2CCN[C@@H]2C1. The van der Waals surface area contributed by atoms with Gasteiger partial charge in [0.05, 0.1) is 13.5 Å². The maximum Gasteiger partial charge on any atom is 0.306 e. The number of rotatable bonds is 3. The van der Waals surface area contributed by atoms with Crippen LogP contribution >= 0.6 is 0 Å². The van der Waals surface area contributed by atoms with E-state index in [0.29, 0.717) is 12.0 Å². The number of methoxy groups -OCH3 is 1. The molecular weight excluding hydrogens is 208 g/mol. The Hall–Kier alpha value is -1.10. The largest absolute Gasteiger partial charge is 0.469 e. The minimum atomic E-state index is -0.314. The molecule has 2 aliphatic rings. The van der Waals surface area contributed by atoms with Crippen LogP contribution in [0.25, 0.3) is 0 Å². The first kappa shape index (κ1) is 11.4. The van der Waals surface area contributed by atoms with E-state index in [1.54, 1.807) is 0 Å². The molecule has 0 aromatic heterocycles. The van der Waals surface area contributed by atoms with Crippen LogP contribution < -0.4 is 5.32 Å². The maximum absolute atomic E-state index is 11.8. The summed E-state index contributed by atoms with van der Waals surface area (Å²) in [6, 6.07) is 0.474. The topological polar surface area (TPSA) is 58.6 Å². The molecule has 90 valence electrons. The molecule has 0 radical (unpaired) electrons. The Bertz CT molecular complexity index is 281. The summed E-state index contributed by atoms with van der Waals surface area (Å²) in [5.74, 6) is 0.370. The number of hydrogen-bond donors (Lipinski definition) is 1. The number of nitrogens with zero attached hydrogens (tertiary/aromatic N) is 1. The smallest absolute Gasteiger partial charge is 0.306 e. The molecule has 2 aliphatic heterocycles. The number of esters is 1. The van der Waals surface area contributed by atoms with Crippen LogP contribution in [0, 0.1) is 5.92 Å². The molecule has 2 rings (SSSR count). The summed E-state index contributed by atoms with van der Waals surface area (Å²) in [4.78, 5) is 24.6. The molecule has 0 unspecified atom stereocenters. The van der Waals surface area contributed by atoms with Gasteiger partial charge in [0, 0.05) is 25.6 Å². The first-order valence-corrected chi connectivity index (χ1v) is 5.78. The van der Waals surface area contributed by atoms with Crippen LogP contribution in [0.15, 0.2) is 0 Å². The highest BCUT2D eigenvalue weighted by molar-refractivity contribution is 5.81. The molecule has 5 nitrogen and oxygen atoms in total. The van der Waals surface area contributed by atoms with Gasteiger partial charge in [0.1, 0.15) is 0 Å². The van der Waals surface area contributed by atoms with Crippen LogP contribution in [0.1, 0.15) is 19.3 Å². The van der Waals surface area contributed by atoms with Gasteiger partial charge in [-0.3, -0.25) is 9.59 Å². The molecular formula is C11H18N2O3. The minimum Gasteiger partial charge on any atom is -0.469 e. The van der Waals surface area contributed by atoms with E-state index >= 15 is 0 Å². The Morgan fingerprint density at radius 1 is 1.38 bits per heavy atom. The first-order valence-electron chi connectivity index (χ1n) is 5.78. The zero-order chi connectivity index (χ0) is 11.5. The number of fused-ring (bicyclic) bond motifs is 1. The van der Waals surface area contributed by atoms with Crippen LogP contribution in [-0.2, 0) is 14.3 Å². The molecule has 0 bridgehead atoms. The van der Waals surface area contributed by atoms with Crippen molar-refractivity contribution in [1.29, 1.82) is 0 Å². The second kappa shape index (κ2) is 4.82. The molecule has 1 amide bonds. The normalized spacial score (nSPS) is 27.9. The summed E-state index contributed by atoms with van der Waals surface area (Å²) < 4.78 is 4.52. The Balaban J connectivity index is 1.76. The number of hydrogen-bond acceptors (Lipinski definition) is 4. The summed E-state index contributed by atoms with van der Waals surface area (Å²) in [5, 5.41) is 3.39. The first-order chi connectivity index (χ1) is 7.70. The molecule has 0 aliphatic carbocycles. The standard InChI is InChI=1S/C11H18N2O3/c1-16-11(15)3-2-10(14)13-6-8-4-5-12-9(8)7-13/h8-9,12H,2-7H2,1H3/t8-,9+/m0/s1. The van der Waals surface area contributed by atoms with Crippen molar-refractivity contribution in [2.45, 2.75) is 25.3 Å². The fraction of sp³-hybridized carbons (Fsp3) is 0.818.